The molecular formula is C20H22N2O7S2. The zero-order valence-corrected chi connectivity index (χ0v) is 18.7. The molecule has 0 atom stereocenters. The number of nitrogens with zero attached hydrogens (tertiary/aromatic N) is 1. The third kappa shape index (κ3) is 4.88. The molecule has 9 nitrogen and oxygen atoms in total. The van der Waals surface area contributed by atoms with Crippen molar-refractivity contribution in [2.24, 2.45) is 5.92 Å². The molecule has 0 radical (unpaired) electrons. The van der Waals surface area contributed by atoms with Gasteiger partial charge in [0, 0.05) is 18.7 Å². The number of carbonyl (C=O) groups is 4. The lowest BCUT2D eigenvalue weighted by Crippen LogP contribution is -2.40. The van der Waals surface area contributed by atoms with Crippen LogP contribution in [0.5, 0.6) is 0 Å². The van der Waals surface area contributed by atoms with Gasteiger partial charge in [-0.25, -0.2) is 9.59 Å². The summed E-state index contributed by atoms with van der Waals surface area (Å²) in [4.78, 5) is 51.7. The normalized spacial score (nSPS) is 14.2. The molecule has 0 bridgehead atoms. The summed E-state index contributed by atoms with van der Waals surface area (Å²) >= 11 is 2.26. The number of anilines is 1. The van der Waals surface area contributed by atoms with Crippen LogP contribution in [0.25, 0.3) is 0 Å². The highest BCUT2D eigenvalue weighted by Gasteiger charge is 2.31. The number of rotatable bonds is 6. The number of esters is 3. The largest absolute Gasteiger partial charge is 0.465 e. The fraction of sp³-hybridized carbons (Fsp3) is 0.400. The van der Waals surface area contributed by atoms with Gasteiger partial charge in [-0.05, 0) is 24.3 Å². The first kappa shape index (κ1) is 22.8. The van der Waals surface area contributed by atoms with Crippen LogP contribution < -0.4 is 5.73 Å². The van der Waals surface area contributed by atoms with Crippen LogP contribution in [0.1, 0.15) is 48.1 Å². The van der Waals surface area contributed by atoms with Gasteiger partial charge in [0.1, 0.15) is 22.0 Å². The molecule has 0 aromatic carbocycles. The van der Waals surface area contributed by atoms with Gasteiger partial charge in [0.25, 0.3) is 5.91 Å². The molecule has 166 valence electrons. The Balaban J connectivity index is 1.64. The molecule has 0 spiro atoms. The average Bonchev–Trinajstić information content (AvgIpc) is 3.44. The summed E-state index contributed by atoms with van der Waals surface area (Å²) < 4.78 is 14.9. The van der Waals surface area contributed by atoms with Crippen LogP contribution in [-0.2, 0) is 25.6 Å². The molecule has 2 aromatic heterocycles. The first-order valence-corrected chi connectivity index (χ1v) is 11.1. The third-order valence-electron chi connectivity index (χ3n) is 5.00. The van der Waals surface area contributed by atoms with Crippen molar-refractivity contribution in [1.29, 1.82) is 0 Å². The number of hydrogen-bond donors (Lipinski definition) is 1. The maximum absolute atomic E-state index is 12.6. The van der Waals surface area contributed by atoms with Gasteiger partial charge in [0.05, 0.1) is 25.0 Å². The van der Waals surface area contributed by atoms with E-state index < -0.39 is 17.9 Å². The Labute approximate surface area is 186 Å². The van der Waals surface area contributed by atoms with Crippen LogP contribution in [-0.4, -0.2) is 56.0 Å². The Kier molecular flexibility index (Phi) is 7.29. The lowest BCUT2D eigenvalue weighted by atomic mass is 9.97. The molecule has 1 saturated heterocycles. The van der Waals surface area contributed by atoms with Crippen molar-refractivity contribution in [2.75, 3.05) is 33.0 Å². The number of likely N-dealkylation sites (tertiary alicyclic amines) is 1. The van der Waals surface area contributed by atoms with E-state index in [-0.39, 0.29) is 39.4 Å². The number of piperidine rings is 1. The third-order valence-corrected chi connectivity index (χ3v) is 6.90. The van der Waals surface area contributed by atoms with Crippen molar-refractivity contribution in [3.63, 3.8) is 0 Å². The number of amides is 1. The minimum absolute atomic E-state index is 0.00272. The highest BCUT2D eigenvalue weighted by molar-refractivity contribution is 7.18. The number of thiophene rings is 2. The second-order valence-corrected chi connectivity index (χ2v) is 8.78. The van der Waals surface area contributed by atoms with Gasteiger partial charge in [0.2, 0.25) is 0 Å². The van der Waals surface area contributed by atoms with Crippen LogP contribution in [0.4, 0.5) is 5.00 Å². The van der Waals surface area contributed by atoms with E-state index in [2.05, 4.69) is 0 Å². The molecule has 11 heteroatoms. The summed E-state index contributed by atoms with van der Waals surface area (Å²) in [7, 11) is 2.40. The SMILES string of the molecule is COC(=O)c1sc(N)c(C(=O)OC)c1COC(=O)C1CCN(C(=O)c2cccs2)CC1. The van der Waals surface area contributed by atoms with E-state index in [4.69, 9.17) is 19.9 Å². The van der Waals surface area contributed by atoms with Gasteiger partial charge in [-0.3, -0.25) is 9.59 Å². The van der Waals surface area contributed by atoms with Crippen LogP contribution >= 0.6 is 22.7 Å². The van der Waals surface area contributed by atoms with Crippen molar-refractivity contribution in [3.05, 3.63) is 38.4 Å². The second kappa shape index (κ2) is 9.92. The molecule has 0 aliphatic carbocycles. The smallest absolute Gasteiger partial charge is 0.348 e. The lowest BCUT2D eigenvalue weighted by molar-refractivity contribution is -0.151. The van der Waals surface area contributed by atoms with E-state index in [1.807, 2.05) is 11.4 Å². The minimum Gasteiger partial charge on any atom is -0.465 e. The van der Waals surface area contributed by atoms with Gasteiger partial charge in [-0.15, -0.1) is 22.7 Å². The predicted octanol–water partition coefficient (Wildman–Crippen LogP) is 2.56. The molecule has 1 amide bonds. The van der Waals surface area contributed by atoms with Gasteiger partial charge in [-0.2, -0.15) is 0 Å². The Hall–Kier alpha value is -2.92. The maximum atomic E-state index is 12.6. The van der Waals surface area contributed by atoms with Crippen molar-refractivity contribution in [3.8, 4) is 0 Å². The van der Waals surface area contributed by atoms with Crippen LogP contribution in [0.3, 0.4) is 0 Å². The summed E-state index contributed by atoms with van der Waals surface area (Å²) in [5.41, 5.74) is 6.04. The number of hydrogen-bond acceptors (Lipinski definition) is 10. The molecule has 0 saturated carbocycles. The number of nitrogens with two attached hydrogens (primary N) is 1. The van der Waals surface area contributed by atoms with Gasteiger partial charge < -0.3 is 24.8 Å². The van der Waals surface area contributed by atoms with E-state index in [9.17, 15) is 19.2 Å². The van der Waals surface area contributed by atoms with Crippen molar-refractivity contribution >= 4 is 51.5 Å². The lowest BCUT2D eigenvalue weighted by Gasteiger charge is -2.30. The topological polar surface area (TPSA) is 125 Å². The summed E-state index contributed by atoms with van der Waals surface area (Å²) in [5.74, 6) is -2.29. The molecule has 31 heavy (non-hydrogen) atoms. The molecule has 2 N–H and O–H groups in total. The predicted molar refractivity (Wildman–Crippen MR) is 114 cm³/mol. The van der Waals surface area contributed by atoms with Crippen molar-refractivity contribution < 1.29 is 33.4 Å². The van der Waals surface area contributed by atoms with E-state index in [1.54, 1.807) is 11.0 Å². The molecular weight excluding hydrogens is 444 g/mol. The van der Waals surface area contributed by atoms with Gasteiger partial charge in [0.15, 0.2) is 0 Å². The minimum atomic E-state index is -0.727. The fourth-order valence-corrected chi connectivity index (χ4v) is 5.01. The Morgan fingerprint density at radius 2 is 1.81 bits per heavy atom. The molecule has 1 fully saturated rings. The Morgan fingerprint density at radius 3 is 2.39 bits per heavy atom. The number of methoxy groups -OCH3 is 2. The fourth-order valence-electron chi connectivity index (χ4n) is 3.34. The average molecular weight is 467 g/mol. The first-order chi connectivity index (χ1) is 14.9. The molecule has 1 aliphatic rings. The summed E-state index contributed by atoms with van der Waals surface area (Å²) in [5, 5.41) is 1.93. The summed E-state index contributed by atoms with van der Waals surface area (Å²) in [6.45, 7) is 0.585. The van der Waals surface area contributed by atoms with Crippen LogP contribution in [0.15, 0.2) is 17.5 Å². The maximum Gasteiger partial charge on any atom is 0.348 e. The van der Waals surface area contributed by atoms with Crippen LogP contribution in [0, 0.1) is 5.92 Å². The zero-order chi connectivity index (χ0) is 22.5. The monoisotopic (exact) mass is 466 g/mol. The number of ether oxygens (including phenoxy) is 3. The Morgan fingerprint density at radius 1 is 1.13 bits per heavy atom. The van der Waals surface area contributed by atoms with Gasteiger partial charge in [-0.1, -0.05) is 6.07 Å². The molecule has 0 unspecified atom stereocenters. The number of carbonyl (C=O) groups excluding carboxylic acids is 4. The first-order valence-electron chi connectivity index (χ1n) is 9.44. The summed E-state index contributed by atoms with van der Waals surface area (Å²) in [6.07, 6.45) is 0.935. The van der Waals surface area contributed by atoms with Crippen molar-refractivity contribution in [2.45, 2.75) is 19.4 Å². The van der Waals surface area contributed by atoms with Crippen LogP contribution in [0.2, 0.25) is 0 Å². The highest BCUT2D eigenvalue weighted by atomic mass is 32.1. The molecule has 3 heterocycles. The summed E-state index contributed by atoms with van der Waals surface area (Å²) in [6, 6.07) is 3.60. The van der Waals surface area contributed by atoms with Gasteiger partial charge >= 0.3 is 17.9 Å². The zero-order valence-electron chi connectivity index (χ0n) is 17.0. The Bertz CT molecular complexity index is 976. The molecule has 3 rings (SSSR count). The standard InChI is InChI=1S/C20H22N2O7S2/c1-27-19(25)14-12(15(20(26)28-2)31-16(14)21)10-29-18(24)11-5-7-22(8-6-11)17(23)13-4-3-9-30-13/h3-4,9,11H,5-8,10,21H2,1-2H3. The van der Waals surface area contributed by atoms with E-state index in [1.165, 1.54) is 25.6 Å². The highest BCUT2D eigenvalue weighted by Crippen LogP contribution is 2.33. The quantitative estimate of drug-likeness (QED) is 0.509. The van der Waals surface area contributed by atoms with E-state index >= 15 is 0 Å². The van der Waals surface area contributed by atoms with E-state index in [0.717, 1.165) is 11.3 Å². The van der Waals surface area contributed by atoms with E-state index in [0.29, 0.717) is 30.8 Å². The van der Waals surface area contributed by atoms with Crippen molar-refractivity contribution in [1.82, 2.24) is 4.90 Å². The number of nitrogen functional groups attached to an aromatic ring is 1. The molecule has 1 aliphatic heterocycles. The second-order valence-electron chi connectivity index (χ2n) is 6.78. The molecule has 2 aromatic rings.